The van der Waals surface area contributed by atoms with Gasteiger partial charge in [-0.2, -0.15) is 4.68 Å². The van der Waals surface area contributed by atoms with Crippen LogP contribution in [0, 0.1) is 13.8 Å². The number of thiazole rings is 1. The van der Waals surface area contributed by atoms with Crippen LogP contribution in [0.3, 0.4) is 0 Å². The normalized spacial score (nSPS) is 12.3. The Hall–Kier alpha value is -2.78. The molecule has 0 bridgehead atoms. The summed E-state index contributed by atoms with van der Waals surface area (Å²) in [5, 5.41) is 13.6. The maximum absolute atomic E-state index is 12.9. The molecule has 4 aromatic rings. The van der Waals surface area contributed by atoms with E-state index < -0.39 is 0 Å². The minimum atomic E-state index is -0.106. The third-order valence-electron chi connectivity index (χ3n) is 5.06. The highest BCUT2D eigenvalue weighted by Crippen LogP contribution is 2.30. The van der Waals surface area contributed by atoms with E-state index in [1.165, 1.54) is 11.8 Å². The molecule has 0 N–H and O–H groups in total. The number of carbonyl (C=O) groups excluding carboxylic acids is 1. The average molecular weight is 439 g/mol. The Morgan fingerprint density at radius 3 is 2.63 bits per heavy atom. The van der Waals surface area contributed by atoms with Gasteiger partial charge in [0.2, 0.25) is 11.1 Å². The van der Waals surface area contributed by atoms with Crippen molar-refractivity contribution in [1.82, 2.24) is 30.1 Å². The SMILES string of the molecule is Cc1cccc(C)c1-n1nnnc1SCC(=O)N(C)[C@H](C)c1nc2ccccc2s1. The van der Waals surface area contributed by atoms with Gasteiger partial charge in [-0.15, -0.1) is 16.4 Å². The molecular weight excluding hydrogens is 416 g/mol. The Morgan fingerprint density at radius 1 is 1.17 bits per heavy atom. The number of amides is 1. The van der Waals surface area contributed by atoms with Crippen LogP contribution < -0.4 is 0 Å². The minimum absolute atomic E-state index is 0.00260. The number of para-hydroxylation sites is 2. The zero-order valence-corrected chi connectivity index (χ0v) is 18.9. The van der Waals surface area contributed by atoms with E-state index in [1.54, 1.807) is 20.9 Å². The van der Waals surface area contributed by atoms with Gasteiger partial charge in [-0.05, 0) is 54.5 Å². The van der Waals surface area contributed by atoms with Crippen molar-refractivity contribution in [2.45, 2.75) is 32.0 Å². The fourth-order valence-electron chi connectivity index (χ4n) is 3.23. The summed E-state index contributed by atoms with van der Waals surface area (Å²) in [6.45, 7) is 6.05. The molecule has 1 amide bonds. The lowest BCUT2D eigenvalue weighted by molar-refractivity contribution is -0.128. The first-order valence-corrected chi connectivity index (χ1v) is 11.3. The maximum Gasteiger partial charge on any atom is 0.233 e. The van der Waals surface area contributed by atoms with Crippen LogP contribution in [0.5, 0.6) is 0 Å². The summed E-state index contributed by atoms with van der Waals surface area (Å²) in [6.07, 6.45) is 0. The van der Waals surface area contributed by atoms with E-state index in [-0.39, 0.29) is 17.7 Å². The van der Waals surface area contributed by atoms with Crippen LogP contribution in [0.4, 0.5) is 0 Å². The first kappa shape index (κ1) is 20.5. The number of thioether (sulfide) groups is 1. The van der Waals surface area contributed by atoms with Gasteiger partial charge in [-0.1, -0.05) is 42.1 Å². The fourth-order valence-corrected chi connectivity index (χ4v) is 5.09. The number of nitrogens with zero attached hydrogens (tertiary/aromatic N) is 6. The first-order chi connectivity index (χ1) is 14.5. The van der Waals surface area contributed by atoms with Crippen molar-refractivity contribution in [3.63, 3.8) is 0 Å². The van der Waals surface area contributed by atoms with Crippen molar-refractivity contribution >= 4 is 39.2 Å². The third kappa shape index (κ3) is 3.95. The highest BCUT2D eigenvalue weighted by atomic mass is 32.2. The second-order valence-corrected chi connectivity index (χ2v) is 9.11. The number of rotatable bonds is 6. The molecule has 0 radical (unpaired) electrons. The Labute approximate surface area is 183 Å². The summed E-state index contributed by atoms with van der Waals surface area (Å²) in [5.74, 6) is 0.250. The Morgan fingerprint density at radius 2 is 1.90 bits per heavy atom. The predicted octanol–water partition coefficient (Wildman–Crippen LogP) is 4.20. The van der Waals surface area contributed by atoms with Crippen molar-refractivity contribution in [2.24, 2.45) is 0 Å². The zero-order valence-electron chi connectivity index (χ0n) is 17.2. The van der Waals surface area contributed by atoms with Crippen molar-refractivity contribution in [2.75, 3.05) is 12.8 Å². The highest BCUT2D eigenvalue weighted by molar-refractivity contribution is 7.99. The Balaban J connectivity index is 1.47. The lowest BCUT2D eigenvalue weighted by atomic mass is 10.1. The summed E-state index contributed by atoms with van der Waals surface area (Å²) >= 11 is 2.96. The van der Waals surface area contributed by atoms with Crippen molar-refractivity contribution < 1.29 is 4.79 Å². The third-order valence-corrected chi connectivity index (χ3v) is 7.17. The fraction of sp³-hybridized carbons (Fsp3) is 0.286. The van der Waals surface area contributed by atoms with Crippen molar-refractivity contribution in [3.8, 4) is 5.69 Å². The smallest absolute Gasteiger partial charge is 0.233 e. The van der Waals surface area contributed by atoms with Gasteiger partial charge in [0.15, 0.2) is 0 Å². The number of hydrogen-bond acceptors (Lipinski definition) is 7. The van der Waals surface area contributed by atoms with E-state index in [0.29, 0.717) is 5.16 Å². The number of aryl methyl sites for hydroxylation is 2. The monoisotopic (exact) mass is 438 g/mol. The molecule has 30 heavy (non-hydrogen) atoms. The second-order valence-electron chi connectivity index (χ2n) is 7.10. The van der Waals surface area contributed by atoms with Gasteiger partial charge >= 0.3 is 0 Å². The Bertz CT molecular complexity index is 1150. The number of fused-ring (bicyclic) bond motifs is 1. The molecule has 0 aliphatic carbocycles. The summed E-state index contributed by atoms with van der Waals surface area (Å²) < 4.78 is 2.84. The minimum Gasteiger partial charge on any atom is -0.336 e. The lowest BCUT2D eigenvalue weighted by Gasteiger charge is -2.23. The van der Waals surface area contributed by atoms with Crippen molar-refractivity contribution in [3.05, 3.63) is 58.6 Å². The average Bonchev–Trinajstić information content (AvgIpc) is 3.37. The van der Waals surface area contributed by atoms with Gasteiger partial charge in [0, 0.05) is 7.05 Å². The summed E-state index contributed by atoms with van der Waals surface area (Å²) in [7, 11) is 1.81. The van der Waals surface area contributed by atoms with E-state index in [4.69, 9.17) is 0 Å². The van der Waals surface area contributed by atoms with Crippen LogP contribution in [0.1, 0.15) is 29.1 Å². The number of tetrazole rings is 1. The molecule has 154 valence electrons. The molecule has 0 aliphatic rings. The molecule has 0 unspecified atom stereocenters. The largest absolute Gasteiger partial charge is 0.336 e. The van der Waals surface area contributed by atoms with Crippen LogP contribution >= 0.6 is 23.1 Å². The van der Waals surface area contributed by atoms with E-state index >= 15 is 0 Å². The molecular formula is C21H22N6OS2. The predicted molar refractivity (Wildman–Crippen MR) is 120 cm³/mol. The Kier molecular flexibility index (Phi) is 5.83. The van der Waals surface area contributed by atoms with Crippen molar-refractivity contribution in [1.29, 1.82) is 0 Å². The zero-order chi connectivity index (χ0) is 21.3. The number of benzene rings is 2. The van der Waals surface area contributed by atoms with Crippen LogP contribution in [0.2, 0.25) is 0 Å². The molecule has 2 aromatic heterocycles. The van der Waals surface area contributed by atoms with Gasteiger partial charge < -0.3 is 4.90 Å². The maximum atomic E-state index is 12.9. The van der Waals surface area contributed by atoms with E-state index in [9.17, 15) is 4.79 Å². The number of aromatic nitrogens is 5. The van der Waals surface area contributed by atoms with Crippen LogP contribution in [0.15, 0.2) is 47.6 Å². The summed E-state index contributed by atoms with van der Waals surface area (Å²) in [6, 6.07) is 14.0. The van der Waals surface area contributed by atoms with Crippen LogP contribution in [-0.4, -0.2) is 48.8 Å². The highest BCUT2D eigenvalue weighted by Gasteiger charge is 2.22. The lowest BCUT2D eigenvalue weighted by Crippen LogP contribution is -2.31. The van der Waals surface area contributed by atoms with Gasteiger partial charge in [0.1, 0.15) is 5.01 Å². The second kappa shape index (κ2) is 8.53. The molecule has 0 aliphatic heterocycles. The van der Waals surface area contributed by atoms with Crippen LogP contribution in [0.25, 0.3) is 15.9 Å². The molecule has 0 saturated heterocycles. The molecule has 1 atom stereocenters. The van der Waals surface area contributed by atoms with Gasteiger partial charge in [0.25, 0.3) is 0 Å². The van der Waals surface area contributed by atoms with Gasteiger partial charge in [-0.3, -0.25) is 4.79 Å². The molecule has 0 spiro atoms. The topological polar surface area (TPSA) is 76.8 Å². The summed E-state index contributed by atoms with van der Waals surface area (Å²) in [5.41, 5.74) is 4.08. The quantitative estimate of drug-likeness (QED) is 0.420. The van der Waals surface area contributed by atoms with Gasteiger partial charge in [0.05, 0.1) is 27.7 Å². The van der Waals surface area contributed by atoms with Crippen LogP contribution in [-0.2, 0) is 4.79 Å². The molecule has 9 heteroatoms. The number of hydrogen-bond donors (Lipinski definition) is 0. The molecule has 7 nitrogen and oxygen atoms in total. The van der Waals surface area contributed by atoms with Gasteiger partial charge in [-0.25, -0.2) is 4.98 Å². The summed E-state index contributed by atoms with van der Waals surface area (Å²) in [4.78, 5) is 19.3. The molecule has 2 heterocycles. The molecule has 0 saturated carbocycles. The number of carbonyl (C=O) groups is 1. The molecule has 0 fully saturated rings. The molecule has 2 aromatic carbocycles. The molecule has 4 rings (SSSR count). The van der Waals surface area contributed by atoms with E-state index in [1.807, 2.05) is 70.3 Å². The standard InChI is InChI=1S/C21H22N6OS2/c1-13-8-7-9-14(2)19(13)27-21(23-24-25-27)29-12-18(28)26(4)15(3)20-22-16-10-5-6-11-17(16)30-20/h5-11,15H,12H2,1-4H3/t15-/m1/s1. The van der Waals surface area contributed by atoms with E-state index in [2.05, 4.69) is 20.5 Å². The van der Waals surface area contributed by atoms with E-state index in [0.717, 1.165) is 32.0 Å². The first-order valence-electron chi connectivity index (χ1n) is 9.54.